The number of nitrogens with one attached hydrogen (secondary N) is 1. The van der Waals surface area contributed by atoms with E-state index in [1.165, 1.54) is 28.0 Å². The van der Waals surface area contributed by atoms with Crippen LogP contribution in [-0.2, 0) is 0 Å². The summed E-state index contributed by atoms with van der Waals surface area (Å²) >= 11 is 1.21. The van der Waals surface area contributed by atoms with Crippen LogP contribution in [-0.4, -0.2) is 4.98 Å². The lowest BCUT2D eigenvalue weighted by molar-refractivity contribution is 1.27. The molecular weight excluding hydrogens is 206 g/mol. The Kier molecular flexibility index (Phi) is 2.49. The smallest absolute Gasteiger partial charge is 0.304 e. The molecule has 0 radical (unpaired) electrons. The molecule has 2 aromatic rings. The van der Waals surface area contributed by atoms with Gasteiger partial charge in [-0.2, -0.15) is 0 Å². The number of hydrogen-bond acceptors (Lipinski definition) is 2. The fraction of sp³-hybridized carbons (Fsp3) is 0.250. The number of thiazole rings is 1. The Bertz CT molecular complexity index is 528. The van der Waals surface area contributed by atoms with Crippen molar-refractivity contribution in [3.63, 3.8) is 0 Å². The second kappa shape index (κ2) is 3.66. The Morgan fingerprint density at radius 3 is 2.20 bits per heavy atom. The highest BCUT2D eigenvalue weighted by atomic mass is 32.1. The Hall–Kier alpha value is -1.35. The molecule has 78 valence electrons. The van der Waals surface area contributed by atoms with Crippen LogP contribution in [0.4, 0.5) is 0 Å². The van der Waals surface area contributed by atoms with E-state index in [4.69, 9.17) is 0 Å². The van der Waals surface area contributed by atoms with Gasteiger partial charge in [0.25, 0.3) is 0 Å². The predicted molar refractivity (Wildman–Crippen MR) is 64.6 cm³/mol. The van der Waals surface area contributed by atoms with Crippen molar-refractivity contribution < 1.29 is 0 Å². The Morgan fingerprint density at radius 1 is 1.13 bits per heavy atom. The summed E-state index contributed by atoms with van der Waals surface area (Å²) in [7, 11) is 0. The SMILES string of the molecule is Cc1cc(C)c(-c2csc(=O)[nH]2)c(C)c1. The first-order valence-electron chi connectivity index (χ1n) is 4.84. The van der Waals surface area contributed by atoms with Crippen molar-refractivity contribution in [1.29, 1.82) is 0 Å². The number of hydrogen-bond donors (Lipinski definition) is 1. The van der Waals surface area contributed by atoms with Gasteiger partial charge in [-0.15, -0.1) is 0 Å². The summed E-state index contributed by atoms with van der Waals surface area (Å²) in [6.07, 6.45) is 0. The van der Waals surface area contributed by atoms with Crippen LogP contribution in [0.3, 0.4) is 0 Å². The van der Waals surface area contributed by atoms with Crippen molar-refractivity contribution in [2.75, 3.05) is 0 Å². The highest BCUT2D eigenvalue weighted by Crippen LogP contribution is 2.26. The van der Waals surface area contributed by atoms with Crippen molar-refractivity contribution in [3.05, 3.63) is 43.9 Å². The van der Waals surface area contributed by atoms with E-state index in [2.05, 4.69) is 37.9 Å². The molecule has 0 amide bonds. The van der Waals surface area contributed by atoms with E-state index < -0.39 is 0 Å². The van der Waals surface area contributed by atoms with Crippen LogP contribution >= 0.6 is 11.3 Å². The zero-order valence-corrected chi connectivity index (χ0v) is 9.87. The van der Waals surface area contributed by atoms with Crippen LogP contribution < -0.4 is 4.87 Å². The minimum Gasteiger partial charge on any atom is -0.312 e. The second-order valence-corrected chi connectivity index (χ2v) is 4.68. The number of aromatic nitrogens is 1. The van der Waals surface area contributed by atoms with Gasteiger partial charge in [-0.05, 0) is 31.9 Å². The van der Waals surface area contributed by atoms with Gasteiger partial charge in [0.1, 0.15) is 0 Å². The molecule has 1 heterocycles. The van der Waals surface area contributed by atoms with Gasteiger partial charge in [0.15, 0.2) is 0 Å². The molecule has 15 heavy (non-hydrogen) atoms. The molecule has 2 nitrogen and oxygen atoms in total. The lowest BCUT2D eigenvalue weighted by atomic mass is 9.98. The summed E-state index contributed by atoms with van der Waals surface area (Å²) < 4.78 is 0. The Morgan fingerprint density at radius 2 is 1.73 bits per heavy atom. The molecule has 0 aliphatic carbocycles. The third kappa shape index (κ3) is 1.88. The zero-order chi connectivity index (χ0) is 11.0. The lowest BCUT2D eigenvalue weighted by Crippen LogP contribution is -1.95. The van der Waals surface area contributed by atoms with Crippen LogP contribution in [0.2, 0.25) is 0 Å². The molecule has 0 bridgehead atoms. The van der Waals surface area contributed by atoms with Gasteiger partial charge in [0, 0.05) is 10.9 Å². The van der Waals surface area contributed by atoms with Gasteiger partial charge >= 0.3 is 4.87 Å². The van der Waals surface area contributed by atoms with Crippen LogP contribution in [0, 0.1) is 20.8 Å². The third-order valence-corrected chi connectivity index (χ3v) is 3.14. The summed E-state index contributed by atoms with van der Waals surface area (Å²) in [4.78, 5) is 14.0. The molecule has 0 saturated carbocycles. The highest BCUT2D eigenvalue weighted by Gasteiger charge is 2.08. The molecule has 0 spiro atoms. The molecule has 0 aliphatic rings. The predicted octanol–water partition coefficient (Wildman–Crippen LogP) is 3.03. The number of H-pyrrole nitrogens is 1. The molecule has 3 heteroatoms. The summed E-state index contributed by atoms with van der Waals surface area (Å²) in [5.41, 5.74) is 5.76. The van der Waals surface area contributed by atoms with Crippen LogP contribution in [0.15, 0.2) is 22.3 Å². The fourth-order valence-electron chi connectivity index (χ4n) is 2.01. The molecule has 0 saturated heterocycles. The quantitative estimate of drug-likeness (QED) is 0.785. The number of rotatable bonds is 1. The molecule has 0 atom stereocenters. The average Bonchev–Trinajstić information content (AvgIpc) is 2.49. The average molecular weight is 219 g/mol. The maximum Gasteiger partial charge on any atom is 0.304 e. The molecule has 0 aliphatic heterocycles. The van der Waals surface area contributed by atoms with Gasteiger partial charge in [-0.1, -0.05) is 29.0 Å². The molecule has 0 fully saturated rings. The highest BCUT2D eigenvalue weighted by molar-refractivity contribution is 7.07. The van der Waals surface area contributed by atoms with Gasteiger partial charge in [0.2, 0.25) is 0 Å². The summed E-state index contributed by atoms with van der Waals surface area (Å²) in [6, 6.07) is 4.27. The van der Waals surface area contributed by atoms with E-state index in [0.29, 0.717) is 0 Å². The van der Waals surface area contributed by atoms with Crippen molar-refractivity contribution in [1.82, 2.24) is 4.98 Å². The first kappa shape index (κ1) is 10.2. The van der Waals surface area contributed by atoms with E-state index in [0.717, 1.165) is 11.3 Å². The summed E-state index contributed by atoms with van der Waals surface area (Å²) in [6.45, 7) is 6.23. The third-order valence-electron chi connectivity index (χ3n) is 2.47. The van der Waals surface area contributed by atoms with Gasteiger partial charge in [-0.25, -0.2) is 0 Å². The van der Waals surface area contributed by atoms with Crippen molar-refractivity contribution in [2.24, 2.45) is 0 Å². The molecule has 2 rings (SSSR count). The lowest BCUT2D eigenvalue weighted by Gasteiger charge is -2.08. The van der Waals surface area contributed by atoms with Gasteiger partial charge < -0.3 is 4.98 Å². The molecule has 1 aromatic heterocycles. The van der Waals surface area contributed by atoms with Crippen LogP contribution in [0.5, 0.6) is 0 Å². The minimum absolute atomic E-state index is 0.00405. The first-order chi connectivity index (χ1) is 7.08. The number of aryl methyl sites for hydroxylation is 3. The first-order valence-corrected chi connectivity index (χ1v) is 5.72. The standard InChI is InChI=1S/C12H13NOS/c1-7-4-8(2)11(9(3)5-7)10-6-15-12(14)13-10/h4-6H,1-3H3,(H,13,14). The van der Waals surface area contributed by atoms with Crippen LogP contribution in [0.25, 0.3) is 11.3 Å². The minimum atomic E-state index is 0.00405. The van der Waals surface area contributed by atoms with E-state index in [9.17, 15) is 4.79 Å². The molecule has 0 unspecified atom stereocenters. The normalized spacial score (nSPS) is 10.6. The fourth-order valence-corrected chi connectivity index (χ4v) is 2.58. The van der Waals surface area contributed by atoms with Crippen LogP contribution in [0.1, 0.15) is 16.7 Å². The summed E-state index contributed by atoms with van der Waals surface area (Å²) in [5, 5.41) is 1.88. The van der Waals surface area contributed by atoms with E-state index >= 15 is 0 Å². The maximum atomic E-state index is 11.1. The molecule has 1 N–H and O–H groups in total. The van der Waals surface area contributed by atoms with E-state index in [1.807, 2.05) is 5.38 Å². The number of aromatic amines is 1. The Balaban J connectivity index is 2.67. The molecule has 1 aromatic carbocycles. The largest absolute Gasteiger partial charge is 0.312 e. The van der Waals surface area contributed by atoms with E-state index in [1.54, 1.807) is 0 Å². The van der Waals surface area contributed by atoms with E-state index in [-0.39, 0.29) is 4.87 Å². The van der Waals surface area contributed by atoms with Gasteiger partial charge in [-0.3, -0.25) is 4.79 Å². The van der Waals surface area contributed by atoms with Crippen molar-refractivity contribution >= 4 is 11.3 Å². The van der Waals surface area contributed by atoms with Crippen molar-refractivity contribution in [3.8, 4) is 11.3 Å². The Labute approximate surface area is 92.6 Å². The monoisotopic (exact) mass is 219 g/mol. The second-order valence-electron chi connectivity index (χ2n) is 3.84. The van der Waals surface area contributed by atoms with Gasteiger partial charge in [0.05, 0.1) is 5.69 Å². The van der Waals surface area contributed by atoms with Crippen molar-refractivity contribution in [2.45, 2.75) is 20.8 Å². The number of benzene rings is 1. The molecular formula is C12H13NOS. The topological polar surface area (TPSA) is 32.9 Å². The zero-order valence-electron chi connectivity index (χ0n) is 9.05. The summed E-state index contributed by atoms with van der Waals surface area (Å²) in [5.74, 6) is 0. The maximum absolute atomic E-state index is 11.1.